The molecule has 0 atom stereocenters. The molecule has 1 aromatic rings. The molecule has 0 spiro atoms. The Morgan fingerprint density at radius 3 is 2.55 bits per heavy atom. The van der Waals surface area contributed by atoms with Crippen LogP contribution in [0.15, 0.2) is 4.90 Å². The summed E-state index contributed by atoms with van der Waals surface area (Å²) in [5.74, 6) is 0.154. The van der Waals surface area contributed by atoms with E-state index in [1.807, 2.05) is 20.1 Å². The number of carbonyl (C=O) groups is 1. The van der Waals surface area contributed by atoms with Crippen molar-refractivity contribution in [3.8, 4) is 0 Å². The van der Waals surface area contributed by atoms with Crippen molar-refractivity contribution in [2.24, 2.45) is 11.3 Å². The molecule has 2 rings (SSSR count). The Morgan fingerprint density at radius 2 is 2.10 bits per heavy atom. The number of nitrogens with two attached hydrogens (primary N) is 1. The summed E-state index contributed by atoms with van der Waals surface area (Å²) in [7, 11) is 0. The molecule has 2 heterocycles. The number of hydrogen-bond donors (Lipinski definition) is 1. The van der Waals surface area contributed by atoms with Gasteiger partial charge in [-0.15, -0.1) is 23.1 Å². The summed E-state index contributed by atoms with van der Waals surface area (Å²) in [5.41, 5.74) is 7.26. The van der Waals surface area contributed by atoms with Crippen LogP contribution in [0.3, 0.4) is 0 Å². The van der Waals surface area contributed by atoms with Gasteiger partial charge in [0.15, 0.2) is 5.78 Å². The van der Waals surface area contributed by atoms with Gasteiger partial charge in [0.05, 0.1) is 15.5 Å². The lowest BCUT2D eigenvalue weighted by molar-refractivity contribution is 0.0944. The molecule has 0 amide bonds. The number of thiophene rings is 1. The number of thioether (sulfide) groups is 1. The number of carbonyl (C=O) groups excluding carboxylic acids is 1. The molecule has 112 valence electrons. The fourth-order valence-electron chi connectivity index (χ4n) is 2.55. The zero-order valence-electron chi connectivity index (χ0n) is 12.9. The number of ketones is 1. The lowest BCUT2D eigenvalue weighted by Crippen LogP contribution is -2.22. The smallest absolute Gasteiger partial charge is 0.177 e. The first-order valence-electron chi connectivity index (χ1n) is 7.02. The van der Waals surface area contributed by atoms with Crippen molar-refractivity contribution in [3.63, 3.8) is 0 Å². The van der Waals surface area contributed by atoms with Gasteiger partial charge < -0.3 is 10.6 Å². The van der Waals surface area contributed by atoms with Crippen LogP contribution < -0.4 is 10.6 Å². The summed E-state index contributed by atoms with van der Waals surface area (Å²) < 4.78 is 0. The van der Waals surface area contributed by atoms with Crippen molar-refractivity contribution in [1.82, 2.24) is 0 Å². The van der Waals surface area contributed by atoms with Crippen LogP contribution in [0.25, 0.3) is 0 Å². The fourth-order valence-corrected chi connectivity index (χ4v) is 4.85. The molecular formula is C15H24N2OS2. The van der Waals surface area contributed by atoms with Gasteiger partial charge in [-0.05, 0) is 18.1 Å². The topological polar surface area (TPSA) is 46.3 Å². The molecule has 1 fully saturated rings. The second-order valence-corrected chi connectivity index (χ2v) is 8.35. The van der Waals surface area contributed by atoms with Crippen molar-refractivity contribution in [2.45, 2.75) is 39.0 Å². The highest BCUT2D eigenvalue weighted by molar-refractivity contribution is 7.99. The van der Waals surface area contributed by atoms with Gasteiger partial charge in [0.1, 0.15) is 5.00 Å². The lowest BCUT2D eigenvalue weighted by atomic mass is 9.93. The molecule has 0 bridgehead atoms. The number of hydrogen-bond acceptors (Lipinski definition) is 5. The van der Waals surface area contributed by atoms with E-state index < -0.39 is 0 Å². The van der Waals surface area contributed by atoms with Gasteiger partial charge >= 0.3 is 0 Å². The van der Waals surface area contributed by atoms with Crippen LogP contribution in [0.4, 0.5) is 10.7 Å². The first kappa shape index (κ1) is 15.7. The van der Waals surface area contributed by atoms with Crippen LogP contribution in [0, 0.1) is 11.3 Å². The summed E-state index contributed by atoms with van der Waals surface area (Å²) >= 11 is 3.23. The van der Waals surface area contributed by atoms with Gasteiger partial charge in [-0.25, -0.2) is 0 Å². The molecule has 1 aliphatic rings. The predicted molar refractivity (Wildman–Crippen MR) is 90.3 cm³/mol. The van der Waals surface area contributed by atoms with E-state index in [1.54, 1.807) is 23.1 Å². The molecule has 5 heteroatoms. The van der Waals surface area contributed by atoms with Crippen LogP contribution >= 0.6 is 23.1 Å². The van der Waals surface area contributed by atoms with E-state index in [0.717, 1.165) is 22.9 Å². The molecule has 0 radical (unpaired) electrons. The zero-order chi connectivity index (χ0) is 15.1. The largest absolute Gasteiger partial charge is 0.396 e. The third-order valence-electron chi connectivity index (χ3n) is 3.80. The molecular weight excluding hydrogens is 288 g/mol. The van der Waals surface area contributed by atoms with Gasteiger partial charge in [-0.2, -0.15) is 0 Å². The third-order valence-corrected chi connectivity index (χ3v) is 6.03. The van der Waals surface area contributed by atoms with Crippen LogP contribution in [-0.2, 0) is 0 Å². The summed E-state index contributed by atoms with van der Waals surface area (Å²) in [6.45, 7) is 10.5. The van der Waals surface area contributed by atoms with E-state index in [-0.39, 0.29) is 11.7 Å². The number of nitrogen functional groups attached to an aromatic ring is 1. The molecule has 0 aliphatic carbocycles. The minimum atomic E-state index is -0.00600. The van der Waals surface area contributed by atoms with Gasteiger partial charge in [-0.1, -0.05) is 27.7 Å². The van der Waals surface area contributed by atoms with Crippen molar-refractivity contribution < 1.29 is 4.79 Å². The summed E-state index contributed by atoms with van der Waals surface area (Å²) in [6, 6.07) is 0. The van der Waals surface area contributed by atoms with E-state index in [4.69, 9.17) is 5.73 Å². The van der Waals surface area contributed by atoms with Crippen LogP contribution in [0.1, 0.15) is 43.8 Å². The van der Waals surface area contributed by atoms with E-state index in [9.17, 15) is 4.79 Å². The van der Waals surface area contributed by atoms with Crippen molar-refractivity contribution in [2.75, 3.05) is 30.0 Å². The molecule has 0 unspecified atom stereocenters. The molecule has 0 aromatic carbocycles. The first-order chi connectivity index (χ1) is 9.26. The minimum absolute atomic E-state index is 0.00600. The fraction of sp³-hybridized carbons (Fsp3) is 0.667. The second kappa shape index (κ2) is 5.60. The summed E-state index contributed by atoms with van der Waals surface area (Å²) in [5, 5.41) is 1.18. The van der Waals surface area contributed by atoms with Crippen molar-refractivity contribution in [3.05, 3.63) is 4.88 Å². The monoisotopic (exact) mass is 312 g/mol. The SMILES string of the molecule is CSc1c(N2CCC(C)(C)C2)sc(C(=O)C(C)C)c1N. The predicted octanol–water partition coefficient (Wildman–Crippen LogP) is 4.13. The average molecular weight is 313 g/mol. The Bertz CT molecular complexity index is 520. The van der Waals surface area contributed by atoms with Crippen LogP contribution in [0.5, 0.6) is 0 Å². The van der Waals surface area contributed by atoms with Gasteiger partial charge in [-0.3, -0.25) is 4.79 Å². The van der Waals surface area contributed by atoms with Gasteiger partial charge in [0.25, 0.3) is 0 Å². The normalized spacial score (nSPS) is 18.0. The van der Waals surface area contributed by atoms with Crippen molar-refractivity contribution >= 4 is 39.6 Å². The highest BCUT2D eigenvalue weighted by atomic mass is 32.2. The average Bonchev–Trinajstić information content (AvgIpc) is 2.88. The Hall–Kier alpha value is -0.680. The second-order valence-electron chi connectivity index (χ2n) is 6.54. The Labute approximate surface area is 129 Å². The minimum Gasteiger partial charge on any atom is -0.396 e. The molecule has 0 saturated carbocycles. The van der Waals surface area contributed by atoms with Crippen LogP contribution in [-0.4, -0.2) is 25.1 Å². The molecule has 1 aliphatic heterocycles. The zero-order valence-corrected chi connectivity index (χ0v) is 14.6. The molecule has 1 saturated heterocycles. The van der Waals surface area contributed by atoms with Gasteiger partial charge in [0, 0.05) is 19.0 Å². The highest BCUT2D eigenvalue weighted by Crippen LogP contribution is 2.47. The molecule has 1 aromatic heterocycles. The van der Waals surface area contributed by atoms with E-state index >= 15 is 0 Å². The lowest BCUT2D eigenvalue weighted by Gasteiger charge is -2.21. The van der Waals surface area contributed by atoms with E-state index in [1.165, 1.54) is 11.4 Å². The molecule has 3 nitrogen and oxygen atoms in total. The van der Waals surface area contributed by atoms with Crippen LogP contribution in [0.2, 0.25) is 0 Å². The maximum absolute atomic E-state index is 12.3. The van der Waals surface area contributed by atoms with E-state index in [2.05, 4.69) is 18.7 Å². The Morgan fingerprint density at radius 1 is 1.45 bits per heavy atom. The quantitative estimate of drug-likeness (QED) is 0.671. The summed E-state index contributed by atoms with van der Waals surface area (Å²) in [4.78, 5) is 16.5. The number of Topliss-reactive ketones (excluding diaryl/α,β-unsaturated/α-hetero) is 1. The number of anilines is 2. The number of nitrogens with zero attached hydrogens (tertiary/aromatic N) is 1. The Kier molecular flexibility index (Phi) is 4.40. The standard InChI is InChI=1S/C15H24N2OS2/c1-9(2)11(18)12-10(16)13(19-5)14(20-12)17-7-6-15(3,4)8-17/h9H,6-8,16H2,1-5H3. The maximum Gasteiger partial charge on any atom is 0.177 e. The Balaban J connectivity index is 2.39. The van der Waals surface area contributed by atoms with Gasteiger partial charge in [0.2, 0.25) is 0 Å². The number of rotatable bonds is 4. The first-order valence-corrected chi connectivity index (χ1v) is 9.06. The molecule has 2 N–H and O–H groups in total. The third kappa shape index (κ3) is 2.84. The van der Waals surface area contributed by atoms with E-state index in [0.29, 0.717) is 11.1 Å². The summed E-state index contributed by atoms with van der Waals surface area (Å²) in [6.07, 6.45) is 3.22. The van der Waals surface area contributed by atoms with Crippen molar-refractivity contribution in [1.29, 1.82) is 0 Å². The highest BCUT2D eigenvalue weighted by Gasteiger charge is 2.33. The molecule has 20 heavy (non-hydrogen) atoms. The maximum atomic E-state index is 12.3.